The molecular weight excluding hydrogens is 236 g/mol. The zero-order valence-corrected chi connectivity index (χ0v) is 11.5. The van der Waals surface area contributed by atoms with Crippen LogP contribution in [0.25, 0.3) is 10.9 Å². The Kier molecular flexibility index (Phi) is 3.56. The van der Waals surface area contributed by atoms with Crippen molar-refractivity contribution in [3.63, 3.8) is 0 Å². The molecular formula is C16H22N2O. The van der Waals surface area contributed by atoms with E-state index in [1.807, 2.05) is 23.0 Å². The highest BCUT2D eigenvalue weighted by Crippen LogP contribution is 2.36. The molecule has 2 aromatic rings. The predicted octanol–water partition coefficient (Wildman–Crippen LogP) is 3.54. The van der Waals surface area contributed by atoms with E-state index in [0.717, 1.165) is 36.1 Å². The van der Waals surface area contributed by atoms with Crippen molar-refractivity contribution in [1.82, 2.24) is 9.78 Å². The van der Waals surface area contributed by atoms with E-state index in [0.29, 0.717) is 0 Å². The smallest absolute Gasteiger partial charge is 0.0787 e. The molecule has 1 aliphatic rings. The molecule has 1 fully saturated rings. The minimum absolute atomic E-state index is 0.144. The lowest BCUT2D eigenvalue weighted by Crippen LogP contribution is -2.32. The highest BCUT2D eigenvalue weighted by Gasteiger charge is 2.31. The first-order valence-corrected chi connectivity index (χ1v) is 7.40. The number of aromatic nitrogens is 2. The van der Waals surface area contributed by atoms with Crippen LogP contribution < -0.4 is 0 Å². The molecule has 0 amide bonds. The normalized spacial score (nSPS) is 27.8. The molecule has 3 unspecified atom stereocenters. The first kappa shape index (κ1) is 12.7. The topological polar surface area (TPSA) is 38.0 Å². The van der Waals surface area contributed by atoms with Crippen LogP contribution >= 0.6 is 0 Å². The van der Waals surface area contributed by atoms with Gasteiger partial charge in [0, 0.05) is 5.39 Å². The Bertz CT molecular complexity index is 548. The van der Waals surface area contributed by atoms with Crippen molar-refractivity contribution in [3.8, 4) is 0 Å². The highest BCUT2D eigenvalue weighted by atomic mass is 16.3. The van der Waals surface area contributed by atoms with E-state index in [-0.39, 0.29) is 12.1 Å². The fourth-order valence-corrected chi connectivity index (χ4v) is 3.40. The molecule has 3 heteroatoms. The van der Waals surface area contributed by atoms with Crippen LogP contribution in [0.15, 0.2) is 30.5 Å². The van der Waals surface area contributed by atoms with Gasteiger partial charge >= 0.3 is 0 Å². The lowest BCUT2D eigenvalue weighted by molar-refractivity contribution is 0.0485. The molecule has 3 nitrogen and oxygen atoms in total. The SMILES string of the molecule is CCCC1CCC(O)C(n2ncc3ccccc32)C1. The van der Waals surface area contributed by atoms with Gasteiger partial charge < -0.3 is 5.11 Å². The molecule has 1 aromatic heterocycles. The molecule has 19 heavy (non-hydrogen) atoms. The first-order valence-electron chi connectivity index (χ1n) is 7.40. The maximum atomic E-state index is 10.3. The van der Waals surface area contributed by atoms with Gasteiger partial charge in [0.05, 0.1) is 23.9 Å². The average molecular weight is 258 g/mol. The Morgan fingerprint density at radius 2 is 2.16 bits per heavy atom. The minimum Gasteiger partial charge on any atom is -0.391 e. The Balaban J connectivity index is 1.90. The van der Waals surface area contributed by atoms with Gasteiger partial charge in [0.25, 0.3) is 0 Å². The van der Waals surface area contributed by atoms with Crippen LogP contribution in [-0.4, -0.2) is 21.0 Å². The molecule has 1 aliphatic carbocycles. The second-order valence-electron chi connectivity index (χ2n) is 5.75. The van der Waals surface area contributed by atoms with Crippen molar-refractivity contribution in [3.05, 3.63) is 30.5 Å². The Morgan fingerprint density at radius 3 is 3.00 bits per heavy atom. The fourth-order valence-electron chi connectivity index (χ4n) is 3.40. The lowest BCUT2D eigenvalue weighted by atomic mass is 9.81. The van der Waals surface area contributed by atoms with E-state index < -0.39 is 0 Å². The van der Waals surface area contributed by atoms with Crippen molar-refractivity contribution < 1.29 is 5.11 Å². The van der Waals surface area contributed by atoms with Crippen LogP contribution in [0.4, 0.5) is 0 Å². The van der Waals surface area contributed by atoms with Gasteiger partial charge in [-0.05, 0) is 31.2 Å². The van der Waals surface area contributed by atoms with Crippen molar-refractivity contribution >= 4 is 10.9 Å². The van der Waals surface area contributed by atoms with Crippen LogP contribution in [0.2, 0.25) is 0 Å². The van der Waals surface area contributed by atoms with Gasteiger partial charge in [0.1, 0.15) is 0 Å². The number of aliphatic hydroxyl groups excluding tert-OH is 1. The van der Waals surface area contributed by atoms with Gasteiger partial charge in [0.2, 0.25) is 0 Å². The lowest BCUT2D eigenvalue weighted by Gasteiger charge is -2.33. The van der Waals surface area contributed by atoms with Gasteiger partial charge in [-0.2, -0.15) is 5.10 Å². The molecule has 0 spiro atoms. The average Bonchev–Trinajstić information content (AvgIpc) is 2.85. The van der Waals surface area contributed by atoms with E-state index >= 15 is 0 Å². The van der Waals surface area contributed by atoms with Crippen molar-refractivity contribution in [1.29, 1.82) is 0 Å². The summed E-state index contributed by atoms with van der Waals surface area (Å²) in [5, 5.41) is 16.0. The Labute approximate surface area is 114 Å². The van der Waals surface area contributed by atoms with Gasteiger partial charge in [0.15, 0.2) is 0 Å². The summed E-state index contributed by atoms with van der Waals surface area (Å²) in [5.41, 5.74) is 1.14. The number of nitrogens with zero attached hydrogens (tertiary/aromatic N) is 2. The monoisotopic (exact) mass is 258 g/mol. The molecule has 0 radical (unpaired) electrons. The van der Waals surface area contributed by atoms with E-state index in [9.17, 15) is 5.11 Å². The summed E-state index contributed by atoms with van der Waals surface area (Å²) in [6.07, 6.45) is 7.27. The molecule has 1 N–H and O–H groups in total. The van der Waals surface area contributed by atoms with Gasteiger partial charge in [-0.3, -0.25) is 4.68 Å². The van der Waals surface area contributed by atoms with Gasteiger partial charge in [-0.25, -0.2) is 0 Å². The van der Waals surface area contributed by atoms with Crippen molar-refractivity contribution in [2.75, 3.05) is 0 Å². The maximum Gasteiger partial charge on any atom is 0.0787 e. The molecule has 0 aliphatic heterocycles. The van der Waals surface area contributed by atoms with Crippen LogP contribution in [0, 0.1) is 5.92 Å². The van der Waals surface area contributed by atoms with E-state index in [1.165, 1.54) is 12.8 Å². The third-order valence-corrected chi connectivity index (χ3v) is 4.41. The van der Waals surface area contributed by atoms with Crippen LogP contribution in [0.1, 0.15) is 45.1 Å². The van der Waals surface area contributed by atoms with Gasteiger partial charge in [-0.15, -0.1) is 0 Å². The zero-order chi connectivity index (χ0) is 13.2. The Morgan fingerprint density at radius 1 is 1.32 bits per heavy atom. The fraction of sp³-hybridized carbons (Fsp3) is 0.562. The number of aliphatic hydroxyl groups is 1. The van der Waals surface area contributed by atoms with E-state index in [4.69, 9.17) is 0 Å². The summed E-state index contributed by atoms with van der Waals surface area (Å²) >= 11 is 0. The molecule has 102 valence electrons. The molecule has 3 rings (SSSR count). The highest BCUT2D eigenvalue weighted by molar-refractivity contribution is 5.78. The first-order chi connectivity index (χ1) is 9.29. The number of rotatable bonds is 3. The summed E-state index contributed by atoms with van der Waals surface area (Å²) in [7, 11) is 0. The van der Waals surface area contributed by atoms with Crippen LogP contribution in [-0.2, 0) is 0 Å². The second-order valence-corrected chi connectivity index (χ2v) is 5.75. The summed E-state index contributed by atoms with van der Waals surface area (Å²) in [5.74, 6) is 0.737. The third kappa shape index (κ3) is 2.39. The van der Waals surface area contributed by atoms with Crippen LogP contribution in [0.5, 0.6) is 0 Å². The Hall–Kier alpha value is -1.35. The molecule has 1 saturated carbocycles. The number of hydrogen-bond acceptors (Lipinski definition) is 2. The van der Waals surface area contributed by atoms with Crippen molar-refractivity contribution in [2.45, 2.75) is 51.2 Å². The number of benzene rings is 1. The summed E-state index contributed by atoms with van der Waals surface area (Å²) in [4.78, 5) is 0. The number of fused-ring (bicyclic) bond motifs is 1. The molecule has 3 atom stereocenters. The standard InChI is InChI=1S/C16H22N2O/c1-2-5-12-8-9-16(19)15(10-12)18-14-7-4-3-6-13(14)11-17-18/h3-4,6-7,11-12,15-16,19H,2,5,8-10H2,1H3. The van der Waals surface area contributed by atoms with E-state index in [1.54, 1.807) is 0 Å². The van der Waals surface area contributed by atoms with Crippen LogP contribution in [0.3, 0.4) is 0 Å². The number of para-hydroxylation sites is 1. The summed E-state index contributed by atoms with van der Waals surface area (Å²) in [6.45, 7) is 2.24. The molecule has 0 bridgehead atoms. The number of hydrogen-bond donors (Lipinski definition) is 1. The third-order valence-electron chi connectivity index (χ3n) is 4.41. The quantitative estimate of drug-likeness (QED) is 0.914. The minimum atomic E-state index is -0.253. The maximum absolute atomic E-state index is 10.3. The molecule has 1 heterocycles. The predicted molar refractivity (Wildman–Crippen MR) is 77.0 cm³/mol. The zero-order valence-electron chi connectivity index (χ0n) is 11.5. The van der Waals surface area contributed by atoms with E-state index in [2.05, 4.69) is 24.2 Å². The molecule has 1 aromatic carbocycles. The molecule has 0 saturated heterocycles. The largest absolute Gasteiger partial charge is 0.391 e. The summed E-state index contributed by atoms with van der Waals surface area (Å²) in [6, 6.07) is 8.39. The second kappa shape index (κ2) is 5.33. The van der Waals surface area contributed by atoms with Gasteiger partial charge in [-0.1, -0.05) is 38.0 Å². The summed E-state index contributed by atoms with van der Waals surface area (Å²) < 4.78 is 2.04. The van der Waals surface area contributed by atoms with Crippen molar-refractivity contribution in [2.24, 2.45) is 5.92 Å².